The number of aromatic amines is 2. The molecule has 1 fully saturated rings. The summed E-state index contributed by atoms with van der Waals surface area (Å²) in [6.45, 7) is 0. The van der Waals surface area contributed by atoms with Crippen LogP contribution in [0.5, 0.6) is 0 Å². The fourth-order valence-corrected chi connectivity index (χ4v) is 5.22. The van der Waals surface area contributed by atoms with E-state index in [9.17, 15) is 9.18 Å². The third-order valence-corrected chi connectivity index (χ3v) is 7.19. The van der Waals surface area contributed by atoms with Crippen molar-refractivity contribution in [2.75, 3.05) is 5.32 Å². The predicted molar refractivity (Wildman–Crippen MR) is 146 cm³/mol. The molecule has 0 atom stereocenters. The van der Waals surface area contributed by atoms with Crippen LogP contribution in [0, 0.1) is 11.7 Å². The summed E-state index contributed by atoms with van der Waals surface area (Å²) in [6.07, 6.45) is 10.8. The number of nitrogens with zero attached hydrogens (tertiary/aromatic N) is 5. The maximum atomic E-state index is 13.9. The van der Waals surface area contributed by atoms with Gasteiger partial charge in [-0.15, -0.1) is 0 Å². The second kappa shape index (κ2) is 9.39. The Kier molecular flexibility index (Phi) is 5.58. The van der Waals surface area contributed by atoms with E-state index >= 15 is 0 Å². The highest BCUT2D eigenvalue weighted by Gasteiger charge is 2.23. The zero-order valence-electron chi connectivity index (χ0n) is 20.8. The van der Waals surface area contributed by atoms with Crippen molar-refractivity contribution in [1.82, 2.24) is 35.1 Å². The molecule has 9 nitrogen and oxygen atoms in total. The van der Waals surface area contributed by atoms with E-state index in [-0.39, 0.29) is 17.6 Å². The molecule has 3 N–H and O–H groups in total. The van der Waals surface area contributed by atoms with Crippen molar-refractivity contribution in [3.8, 4) is 33.9 Å². The van der Waals surface area contributed by atoms with E-state index in [1.807, 2.05) is 24.3 Å². The third-order valence-electron chi connectivity index (χ3n) is 7.19. The molecule has 0 radical (unpaired) electrons. The number of hydrogen-bond donors (Lipinski definition) is 3. The molecule has 0 bridgehead atoms. The summed E-state index contributed by atoms with van der Waals surface area (Å²) in [5.74, 6) is 0.301. The summed E-state index contributed by atoms with van der Waals surface area (Å²) in [5, 5.41) is 10.5. The Morgan fingerprint density at radius 2 is 1.77 bits per heavy atom. The number of fused-ring (bicyclic) bond motifs is 2. The Morgan fingerprint density at radius 3 is 2.64 bits per heavy atom. The summed E-state index contributed by atoms with van der Waals surface area (Å²) in [5.41, 5.74) is 6.80. The lowest BCUT2D eigenvalue weighted by atomic mass is 10.1. The molecular weight excluding hydrogens is 495 g/mol. The van der Waals surface area contributed by atoms with Crippen LogP contribution in [0.3, 0.4) is 0 Å². The number of carbonyl (C=O) groups excluding carboxylic acids is 1. The standard InChI is InChI=1S/C29H23FN8O/c30-19-7-3-6-17(10-19)21-14-32-15-24-25(21)36-28(35-24)27-26-23(37-38-27)9-8-22(34-26)18-11-20(13-31-12-18)33-29(39)16-4-1-2-5-16/h3,6-16H,1-2,4-5H2,(H,33,39)(H,35,36)(H,37,38). The maximum absolute atomic E-state index is 13.9. The first kappa shape index (κ1) is 23.2. The van der Waals surface area contributed by atoms with Gasteiger partial charge in [-0.05, 0) is 48.7 Å². The smallest absolute Gasteiger partial charge is 0.227 e. The molecular formula is C29H23FN8O. The van der Waals surface area contributed by atoms with E-state index < -0.39 is 0 Å². The van der Waals surface area contributed by atoms with Gasteiger partial charge in [0.2, 0.25) is 5.91 Å². The van der Waals surface area contributed by atoms with E-state index in [4.69, 9.17) is 9.97 Å². The quantitative estimate of drug-likeness (QED) is 0.261. The molecule has 1 saturated carbocycles. The first-order chi connectivity index (χ1) is 19.1. The largest absolute Gasteiger partial charge is 0.335 e. The molecule has 1 aliphatic carbocycles. The van der Waals surface area contributed by atoms with Gasteiger partial charge < -0.3 is 10.3 Å². The summed E-state index contributed by atoms with van der Waals surface area (Å²) in [6, 6.07) is 12.0. The highest BCUT2D eigenvalue weighted by atomic mass is 19.1. The van der Waals surface area contributed by atoms with Crippen LogP contribution in [0.25, 0.3) is 56.0 Å². The first-order valence-electron chi connectivity index (χ1n) is 12.8. The van der Waals surface area contributed by atoms with Crippen molar-refractivity contribution >= 4 is 33.7 Å². The van der Waals surface area contributed by atoms with Crippen LogP contribution in [0.2, 0.25) is 0 Å². The molecule has 10 heteroatoms. The van der Waals surface area contributed by atoms with Crippen LogP contribution < -0.4 is 5.32 Å². The lowest BCUT2D eigenvalue weighted by Gasteiger charge is -2.11. The second-order valence-electron chi connectivity index (χ2n) is 9.78. The monoisotopic (exact) mass is 518 g/mol. The average Bonchev–Trinajstić information content (AvgIpc) is 3.72. The number of halogens is 1. The molecule has 6 aromatic rings. The average molecular weight is 519 g/mol. The third kappa shape index (κ3) is 4.29. The predicted octanol–water partition coefficient (Wildman–Crippen LogP) is 5.89. The maximum Gasteiger partial charge on any atom is 0.227 e. The van der Waals surface area contributed by atoms with Crippen LogP contribution in [0.15, 0.2) is 67.3 Å². The van der Waals surface area contributed by atoms with Crippen LogP contribution in [0.1, 0.15) is 25.7 Å². The molecule has 39 heavy (non-hydrogen) atoms. The number of hydrogen-bond acceptors (Lipinski definition) is 6. The minimum Gasteiger partial charge on any atom is -0.335 e. The first-order valence-corrected chi connectivity index (χ1v) is 12.8. The van der Waals surface area contributed by atoms with E-state index in [2.05, 4.69) is 30.5 Å². The van der Waals surface area contributed by atoms with Crippen molar-refractivity contribution in [3.63, 3.8) is 0 Å². The second-order valence-corrected chi connectivity index (χ2v) is 9.78. The van der Waals surface area contributed by atoms with Gasteiger partial charge >= 0.3 is 0 Å². The molecule has 192 valence electrons. The Hall–Kier alpha value is -4.99. The van der Waals surface area contributed by atoms with Gasteiger partial charge in [-0.3, -0.25) is 19.9 Å². The number of aromatic nitrogens is 7. The number of nitrogens with one attached hydrogen (secondary N) is 3. The fraction of sp³-hybridized carbons (Fsp3) is 0.172. The van der Waals surface area contributed by atoms with Gasteiger partial charge in [-0.2, -0.15) is 5.10 Å². The fourth-order valence-electron chi connectivity index (χ4n) is 5.22. The van der Waals surface area contributed by atoms with Crippen molar-refractivity contribution < 1.29 is 9.18 Å². The number of carbonyl (C=O) groups is 1. The van der Waals surface area contributed by atoms with E-state index in [1.165, 1.54) is 12.1 Å². The van der Waals surface area contributed by atoms with Gasteiger partial charge in [0.15, 0.2) is 11.5 Å². The Bertz CT molecular complexity index is 1850. The Morgan fingerprint density at radius 1 is 0.897 bits per heavy atom. The minimum absolute atomic E-state index is 0.0453. The van der Waals surface area contributed by atoms with Gasteiger partial charge in [0.05, 0.1) is 40.3 Å². The van der Waals surface area contributed by atoms with Gasteiger partial charge in [-0.1, -0.05) is 25.0 Å². The molecule has 0 aliphatic heterocycles. The number of amides is 1. The van der Waals surface area contributed by atoms with Crippen molar-refractivity contribution in [3.05, 3.63) is 73.1 Å². The Balaban J connectivity index is 1.25. The van der Waals surface area contributed by atoms with Gasteiger partial charge in [0, 0.05) is 29.4 Å². The number of benzene rings is 1. The van der Waals surface area contributed by atoms with Crippen LogP contribution in [0.4, 0.5) is 10.1 Å². The van der Waals surface area contributed by atoms with Crippen LogP contribution >= 0.6 is 0 Å². The summed E-state index contributed by atoms with van der Waals surface area (Å²) in [4.78, 5) is 34.2. The number of imidazole rings is 1. The summed E-state index contributed by atoms with van der Waals surface area (Å²) in [7, 11) is 0. The molecule has 1 aromatic carbocycles. The van der Waals surface area contributed by atoms with Gasteiger partial charge in [-0.25, -0.2) is 14.4 Å². The highest BCUT2D eigenvalue weighted by Crippen LogP contribution is 2.32. The number of pyridine rings is 3. The summed E-state index contributed by atoms with van der Waals surface area (Å²) < 4.78 is 13.9. The van der Waals surface area contributed by atoms with E-state index in [1.54, 1.807) is 30.9 Å². The highest BCUT2D eigenvalue weighted by molar-refractivity contribution is 5.96. The van der Waals surface area contributed by atoms with Crippen molar-refractivity contribution in [2.45, 2.75) is 25.7 Å². The molecule has 1 amide bonds. The van der Waals surface area contributed by atoms with Gasteiger partial charge in [0.1, 0.15) is 11.3 Å². The molecule has 0 spiro atoms. The lowest BCUT2D eigenvalue weighted by molar-refractivity contribution is -0.119. The molecule has 5 heterocycles. The number of anilines is 1. The van der Waals surface area contributed by atoms with Crippen molar-refractivity contribution in [1.29, 1.82) is 0 Å². The minimum atomic E-state index is -0.327. The van der Waals surface area contributed by atoms with Crippen LogP contribution in [-0.4, -0.2) is 41.0 Å². The molecule has 5 aromatic heterocycles. The van der Waals surface area contributed by atoms with E-state index in [0.29, 0.717) is 50.6 Å². The Labute approximate surface area is 222 Å². The zero-order chi connectivity index (χ0) is 26.3. The molecule has 7 rings (SSSR count). The number of rotatable bonds is 5. The van der Waals surface area contributed by atoms with E-state index in [0.717, 1.165) is 36.8 Å². The van der Waals surface area contributed by atoms with Gasteiger partial charge in [0.25, 0.3) is 0 Å². The molecule has 0 unspecified atom stereocenters. The summed E-state index contributed by atoms with van der Waals surface area (Å²) >= 11 is 0. The normalized spacial score (nSPS) is 13.9. The SMILES string of the molecule is O=C(Nc1cncc(-c2ccc3[nH]nc(-c4nc5c(-c6cccc(F)c6)cncc5[nH]4)c3n2)c1)C1CCCC1. The zero-order valence-corrected chi connectivity index (χ0v) is 20.8. The topological polar surface area (TPSA) is 125 Å². The lowest BCUT2D eigenvalue weighted by Crippen LogP contribution is -2.20. The molecule has 0 saturated heterocycles. The molecule has 1 aliphatic rings. The number of H-pyrrole nitrogens is 2. The van der Waals surface area contributed by atoms with Crippen molar-refractivity contribution in [2.24, 2.45) is 5.92 Å². The van der Waals surface area contributed by atoms with Crippen LogP contribution in [-0.2, 0) is 4.79 Å².